The Morgan fingerprint density at radius 3 is 2.44 bits per heavy atom. The third-order valence-corrected chi connectivity index (χ3v) is 0.346. The Hall–Kier alpha value is -1.59. The summed E-state index contributed by atoms with van der Waals surface area (Å²) in [6.07, 6.45) is -1.52. The normalized spacial score (nSPS) is 7.56. The molecule has 0 aliphatic rings. The predicted octanol–water partition coefficient (Wildman–Crippen LogP) is -1.14. The van der Waals surface area contributed by atoms with E-state index in [4.69, 9.17) is 0 Å². The molecular weight excluding hydrogens is 128 g/mol. The molecule has 0 atom stereocenters. The van der Waals surface area contributed by atoms with Gasteiger partial charge in [0.1, 0.15) is 0 Å². The zero-order chi connectivity index (χ0) is 7.28. The van der Waals surface area contributed by atoms with Crippen molar-refractivity contribution in [1.29, 1.82) is 0 Å². The molecule has 0 aromatic rings. The van der Waals surface area contributed by atoms with Gasteiger partial charge in [0.25, 0.3) is 0 Å². The Labute approximate surface area is 50.0 Å². The highest BCUT2D eigenvalue weighted by atomic mass is 16.6. The first-order chi connectivity index (χ1) is 4.16. The summed E-state index contributed by atoms with van der Waals surface area (Å²) in [5, 5.41) is 1.41. The van der Waals surface area contributed by atoms with E-state index < -0.39 is 12.2 Å². The van der Waals surface area contributed by atoms with Crippen LogP contribution in [-0.4, -0.2) is 18.6 Å². The van der Waals surface area contributed by atoms with Gasteiger partial charge in [0, 0.05) is 0 Å². The minimum absolute atomic E-state index is 0.991. The van der Waals surface area contributed by atoms with Gasteiger partial charge in [-0.05, 0) is 0 Å². The fourth-order valence-corrected chi connectivity index (χ4v) is 0.159. The molecule has 0 aliphatic carbocycles. The fourth-order valence-electron chi connectivity index (χ4n) is 0.159. The van der Waals surface area contributed by atoms with Crippen molar-refractivity contribution in [3.8, 4) is 0 Å². The lowest BCUT2D eigenvalue weighted by Gasteiger charge is -1.92. The van der Waals surface area contributed by atoms with E-state index >= 15 is 0 Å². The third kappa shape index (κ3) is 4.26. The summed E-state index contributed by atoms with van der Waals surface area (Å²) in [4.78, 5) is 29.0. The van der Waals surface area contributed by atoms with Crippen LogP contribution >= 0.6 is 0 Å². The molecule has 9 heavy (non-hydrogen) atoms. The van der Waals surface area contributed by atoms with Crippen LogP contribution in [0.1, 0.15) is 0 Å². The quantitative estimate of drug-likeness (QED) is 0.347. The Bertz CT molecular complexity index is 143. The number of carbonyl (C=O) groups excluding carboxylic acids is 3. The van der Waals surface area contributed by atoms with Crippen molar-refractivity contribution >= 4 is 18.6 Å². The van der Waals surface area contributed by atoms with Gasteiger partial charge in [0.2, 0.25) is 0 Å². The summed E-state index contributed by atoms with van der Waals surface area (Å²) in [6.45, 7) is 0. The zero-order valence-corrected chi connectivity index (χ0v) is 4.21. The van der Waals surface area contributed by atoms with Crippen molar-refractivity contribution in [2.24, 2.45) is 5.73 Å². The smallest absolute Gasteiger partial charge is 0.359 e. The molecule has 0 unspecified atom stereocenters. The maximum atomic E-state index is 9.96. The molecule has 3 amide bonds. The average Bonchev–Trinajstić information content (AvgIpc) is 1.63. The van der Waals surface area contributed by atoms with E-state index in [2.05, 4.69) is 10.5 Å². The van der Waals surface area contributed by atoms with Crippen LogP contribution in [0.4, 0.5) is 9.59 Å². The van der Waals surface area contributed by atoms with Gasteiger partial charge < -0.3 is 10.5 Å². The van der Waals surface area contributed by atoms with E-state index in [0.29, 0.717) is 0 Å². The number of hydrogen-bond acceptors (Lipinski definition) is 4. The highest BCUT2D eigenvalue weighted by Crippen LogP contribution is 1.72. The number of carbonyl (C=O) groups is 2. The maximum absolute atomic E-state index is 9.96. The SMILES string of the molecule is NC(=O)OC(=O)N[C]=O. The lowest BCUT2D eigenvalue weighted by molar-refractivity contribution is 0.160. The first kappa shape index (κ1) is 7.41. The number of rotatable bonds is 1. The van der Waals surface area contributed by atoms with Gasteiger partial charge in [-0.1, -0.05) is 0 Å². The Morgan fingerprint density at radius 1 is 1.56 bits per heavy atom. The summed E-state index contributed by atoms with van der Waals surface area (Å²) in [5.74, 6) is 0. The standard InChI is InChI=1S/C3H3N2O4/c4-2(7)9-3(8)5-1-6/h(H2,4,7)(H,5,6,8). The molecule has 0 aromatic carbocycles. The van der Waals surface area contributed by atoms with Gasteiger partial charge in [0.05, 0.1) is 0 Å². The van der Waals surface area contributed by atoms with Gasteiger partial charge in [-0.3, -0.25) is 10.1 Å². The lowest BCUT2D eigenvalue weighted by Crippen LogP contribution is -2.27. The van der Waals surface area contributed by atoms with Crippen molar-refractivity contribution in [1.82, 2.24) is 5.32 Å². The fraction of sp³-hybridized carbons (Fsp3) is 0. The van der Waals surface area contributed by atoms with Crippen molar-refractivity contribution in [3.05, 3.63) is 0 Å². The molecule has 0 saturated heterocycles. The van der Waals surface area contributed by atoms with Crippen molar-refractivity contribution in [2.45, 2.75) is 0 Å². The second kappa shape index (κ2) is 3.42. The van der Waals surface area contributed by atoms with Crippen LogP contribution in [0.15, 0.2) is 0 Å². The molecule has 0 saturated carbocycles. The minimum atomic E-state index is -1.28. The number of nitrogens with one attached hydrogen (secondary N) is 1. The molecule has 0 bridgehead atoms. The van der Waals surface area contributed by atoms with E-state index in [1.165, 1.54) is 5.32 Å². The van der Waals surface area contributed by atoms with Gasteiger partial charge in [0.15, 0.2) is 0 Å². The summed E-state index contributed by atoms with van der Waals surface area (Å²) in [7, 11) is 0. The van der Waals surface area contributed by atoms with E-state index in [0.717, 1.165) is 6.41 Å². The first-order valence-corrected chi connectivity index (χ1v) is 1.81. The maximum Gasteiger partial charge on any atom is 0.423 e. The molecule has 6 heteroatoms. The Kier molecular flexibility index (Phi) is 2.81. The van der Waals surface area contributed by atoms with Gasteiger partial charge in [-0.25, -0.2) is 9.59 Å². The molecule has 6 nitrogen and oxygen atoms in total. The third-order valence-electron chi connectivity index (χ3n) is 0.346. The molecule has 0 rings (SSSR count). The summed E-state index contributed by atoms with van der Waals surface area (Å²) >= 11 is 0. The number of nitrogens with two attached hydrogens (primary N) is 1. The van der Waals surface area contributed by atoms with Crippen LogP contribution in [0, 0.1) is 0 Å². The van der Waals surface area contributed by atoms with E-state index in [-0.39, 0.29) is 0 Å². The number of primary amides is 1. The van der Waals surface area contributed by atoms with Crippen LogP contribution in [-0.2, 0) is 9.53 Å². The minimum Gasteiger partial charge on any atom is -0.359 e. The molecule has 0 aliphatic heterocycles. The molecule has 3 N–H and O–H groups in total. The number of amides is 3. The predicted molar refractivity (Wildman–Crippen MR) is 24.9 cm³/mol. The largest absolute Gasteiger partial charge is 0.423 e. The van der Waals surface area contributed by atoms with Gasteiger partial charge in [-0.2, -0.15) is 0 Å². The van der Waals surface area contributed by atoms with E-state index in [1.807, 2.05) is 0 Å². The van der Waals surface area contributed by atoms with Crippen molar-refractivity contribution in [3.63, 3.8) is 0 Å². The molecule has 0 aromatic heterocycles. The van der Waals surface area contributed by atoms with Crippen molar-refractivity contribution < 1.29 is 19.1 Å². The summed E-state index contributed by atoms with van der Waals surface area (Å²) in [6, 6.07) is 0. The molecule has 1 radical (unpaired) electrons. The molecule has 0 fully saturated rings. The van der Waals surface area contributed by atoms with E-state index in [9.17, 15) is 14.4 Å². The Balaban J connectivity index is 3.50. The van der Waals surface area contributed by atoms with Crippen LogP contribution in [0.5, 0.6) is 0 Å². The van der Waals surface area contributed by atoms with Gasteiger partial charge in [-0.15, -0.1) is 0 Å². The highest BCUT2D eigenvalue weighted by Gasteiger charge is 2.02. The number of ether oxygens (including phenoxy) is 1. The van der Waals surface area contributed by atoms with Crippen LogP contribution in [0.2, 0.25) is 0 Å². The highest BCUT2D eigenvalue weighted by molar-refractivity contribution is 5.88. The second-order valence-electron chi connectivity index (χ2n) is 0.936. The summed E-state index contributed by atoms with van der Waals surface area (Å²) < 4.78 is 3.62. The van der Waals surface area contributed by atoms with E-state index in [1.54, 1.807) is 0 Å². The molecule has 49 valence electrons. The first-order valence-electron chi connectivity index (χ1n) is 1.81. The second-order valence-corrected chi connectivity index (χ2v) is 0.936. The van der Waals surface area contributed by atoms with Gasteiger partial charge >= 0.3 is 18.6 Å². The number of alkyl carbamates (subject to hydrolysis) is 1. The lowest BCUT2D eigenvalue weighted by atomic mass is 11.0. The van der Waals surface area contributed by atoms with Crippen molar-refractivity contribution in [2.75, 3.05) is 0 Å². The van der Waals surface area contributed by atoms with Crippen LogP contribution in [0.3, 0.4) is 0 Å². The average molecular weight is 131 g/mol. The number of imide groups is 1. The summed E-state index contributed by atoms with van der Waals surface area (Å²) in [5.41, 5.74) is 4.37. The Morgan fingerprint density at radius 2 is 2.11 bits per heavy atom. The topological polar surface area (TPSA) is 98.5 Å². The molecule has 0 spiro atoms. The zero-order valence-electron chi connectivity index (χ0n) is 4.21. The molecule has 0 heterocycles. The molecular formula is C3H3N2O4. The van der Waals surface area contributed by atoms with Crippen LogP contribution in [0.25, 0.3) is 0 Å². The monoisotopic (exact) mass is 131 g/mol. The number of hydrogen-bond donors (Lipinski definition) is 2. The van der Waals surface area contributed by atoms with Crippen LogP contribution < -0.4 is 11.1 Å².